The average molecular weight is 417 g/mol. The van der Waals surface area contributed by atoms with Gasteiger partial charge in [0.25, 0.3) is 5.22 Å². The molecule has 0 radical (unpaired) electrons. The molecule has 0 saturated heterocycles. The largest absolute Gasteiger partial charge is 0.493 e. The zero-order valence-electron chi connectivity index (χ0n) is 16.2. The summed E-state index contributed by atoms with van der Waals surface area (Å²) in [6, 6.07) is 11.6. The zero-order valence-corrected chi connectivity index (χ0v) is 17.0. The first-order chi connectivity index (χ1) is 14.0. The first-order valence-electron chi connectivity index (χ1n) is 8.68. The molecular formula is C20H20FN3O4S. The molecule has 7 nitrogen and oxygen atoms in total. The van der Waals surface area contributed by atoms with Crippen LogP contribution in [-0.4, -0.2) is 48.0 Å². The van der Waals surface area contributed by atoms with E-state index in [2.05, 4.69) is 10.2 Å². The van der Waals surface area contributed by atoms with Gasteiger partial charge in [-0.1, -0.05) is 30.0 Å². The minimum absolute atomic E-state index is 0.0958. The smallest absolute Gasteiger partial charge is 0.277 e. The Morgan fingerprint density at radius 2 is 1.90 bits per heavy atom. The lowest BCUT2D eigenvalue weighted by Gasteiger charge is -2.16. The van der Waals surface area contributed by atoms with E-state index in [0.717, 1.165) is 11.8 Å². The van der Waals surface area contributed by atoms with Gasteiger partial charge in [0.1, 0.15) is 5.82 Å². The first-order valence-corrected chi connectivity index (χ1v) is 9.66. The maximum Gasteiger partial charge on any atom is 0.277 e. The quantitative estimate of drug-likeness (QED) is 0.518. The monoisotopic (exact) mass is 417 g/mol. The molecule has 1 aromatic heterocycles. The maximum atomic E-state index is 13.7. The zero-order chi connectivity index (χ0) is 20.8. The van der Waals surface area contributed by atoms with E-state index < -0.39 is 0 Å². The van der Waals surface area contributed by atoms with Crippen molar-refractivity contribution in [2.24, 2.45) is 0 Å². The van der Waals surface area contributed by atoms with Gasteiger partial charge in [0, 0.05) is 24.7 Å². The molecule has 0 aliphatic carbocycles. The van der Waals surface area contributed by atoms with E-state index in [-0.39, 0.29) is 29.2 Å². The highest BCUT2D eigenvalue weighted by Crippen LogP contribution is 2.32. The number of carbonyl (C=O) groups is 1. The Labute approximate surface area is 171 Å². The molecule has 0 unspecified atom stereocenters. The second kappa shape index (κ2) is 9.42. The summed E-state index contributed by atoms with van der Waals surface area (Å²) in [4.78, 5) is 13.8. The number of aromatic nitrogens is 2. The molecule has 0 aliphatic heterocycles. The fourth-order valence-corrected chi connectivity index (χ4v) is 3.26. The lowest BCUT2D eigenvalue weighted by molar-refractivity contribution is -0.127. The van der Waals surface area contributed by atoms with Crippen molar-refractivity contribution in [3.05, 3.63) is 53.8 Å². The Hall–Kier alpha value is -3.07. The van der Waals surface area contributed by atoms with E-state index in [1.54, 1.807) is 57.7 Å². The molecule has 0 bridgehead atoms. The van der Waals surface area contributed by atoms with Crippen LogP contribution in [0.2, 0.25) is 0 Å². The lowest BCUT2D eigenvalue weighted by atomic mass is 10.2. The summed E-state index contributed by atoms with van der Waals surface area (Å²) < 4.78 is 29.8. The summed E-state index contributed by atoms with van der Waals surface area (Å²) in [6.45, 7) is 0.187. The van der Waals surface area contributed by atoms with Gasteiger partial charge in [-0.05, 0) is 24.3 Å². The Morgan fingerprint density at radius 1 is 1.14 bits per heavy atom. The molecule has 0 atom stereocenters. The van der Waals surface area contributed by atoms with Gasteiger partial charge in [0.05, 0.1) is 20.0 Å². The molecule has 3 rings (SSSR count). The van der Waals surface area contributed by atoms with Crippen LogP contribution in [-0.2, 0) is 11.3 Å². The number of benzene rings is 2. The van der Waals surface area contributed by atoms with Crippen molar-refractivity contribution in [1.82, 2.24) is 15.1 Å². The van der Waals surface area contributed by atoms with Crippen molar-refractivity contribution in [1.29, 1.82) is 0 Å². The van der Waals surface area contributed by atoms with Gasteiger partial charge < -0.3 is 18.8 Å². The van der Waals surface area contributed by atoms with Crippen LogP contribution in [0.4, 0.5) is 4.39 Å². The van der Waals surface area contributed by atoms with Crippen molar-refractivity contribution < 1.29 is 23.1 Å². The van der Waals surface area contributed by atoms with E-state index in [4.69, 9.17) is 13.9 Å². The molecule has 1 amide bonds. The lowest BCUT2D eigenvalue weighted by Crippen LogP contribution is -2.28. The number of nitrogens with zero attached hydrogens (tertiary/aromatic N) is 3. The van der Waals surface area contributed by atoms with Crippen molar-refractivity contribution >= 4 is 17.7 Å². The van der Waals surface area contributed by atoms with Gasteiger partial charge >= 0.3 is 0 Å². The molecule has 0 N–H and O–H groups in total. The Balaban J connectivity index is 1.60. The normalized spacial score (nSPS) is 10.6. The van der Waals surface area contributed by atoms with Gasteiger partial charge in [-0.3, -0.25) is 4.79 Å². The number of amides is 1. The van der Waals surface area contributed by atoms with Crippen molar-refractivity contribution in [2.75, 3.05) is 27.0 Å². The third kappa shape index (κ3) is 5.05. The SMILES string of the molecule is COc1ccc(-c2nnc(SCC(=O)N(C)Cc3ccccc3F)o2)cc1OC. The molecule has 0 aliphatic rings. The number of hydrogen-bond acceptors (Lipinski definition) is 7. The summed E-state index contributed by atoms with van der Waals surface area (Å²) >= 11 is 1.12. The number of thioether (sulfide) groups is 1. The van der Waals surface area contributed by atoms with Crippen LogP contribution in [0.1, 0.15) is 5.56 Å². The van der Waals surface area contributed by atoms with E-state index >= 15 is 0 Å². The van der Waals surface area contributed by atoms with E-state index in [0.29, 0.717) is 28.5 Å². The second-order valence-corrected chi connectivity index (χ2v) is 7.00. The molecule has 152 valence electrons. The summed E-state index contributed by atoms with van der Waals surface area (Å²) in [5.74, 6) is 1.02. The van der Waals surface area contributed by atoms with Crippen LogP contribution in [0, 0.1) is 5.82 Å². The average Bonchev–Trinajstić information content (AvgIpc) is 3.22. The van der Waals surface area contributed by atoms with E-state index in [1.165, 1.54) is 11.0 Å². The van der Waals surface area contributed by atoms with Crippen LogP contribution in [0.3, 0.4) is 0 Å². The summed E-state index contributed by atoms with van der Waals surface area (Å²) in [6.07, 6.45) is 0. The predicted octanol–water partition coefficient (Wildman–Crippen LogP) is 3.64. The molecule has 2 aromatic carbocycles. The summed E-state index contributed by atoms with van der Waals surface area (Å²) in [5.41, 5.74) is 1.13. The van der Waals surface area contributed by atoms with Crippen LogP contribution >= 0.6 is 11.8 Å². The molecule has 0 fully saturated rings. The van der Waals surface area contributed by atoms with E-state index in [1.807, 2.05) is 0 Å². The van der Waals surface area contributed by atoms with Crippen molar-refractivity contribution in [2.45, 2.75) is 11.8 Å². The van der Waals surface area contributed by atoms with Gasteiger partial charge in [-0.2, -0.15) is 0 Å². The van der Waals surface area contributed by atoms with Gasteiger partial charge in [-0.25, -0.2) is 4.39 Å². The third-order valence-electron chi connectivity index (χ3n) is 4.15. The number of halogens is 1. The van der Waals surface area contributed by atoms with Crippen LogP contribution in [0.5, 0.6) is 11.5 Å². The highest BCUT2D eigenvalue weighted by atomic mass is 32.2. The highest BCUT2D eigenvalue weighted by Gasteiger charge is 2.16. The van der Waals surface area contributed by atoms with Gasteiger partial charge in [0.15, 0.2) is 11.5 Å². The molecule has 1 heterocycles. The molecule has 3 aromatic rings. The molecule has 0 spiro atoms. The van der Waals surface area contributed by atoms with Crippen LogP contribution < -0.4 is 9.47 Å². The fourth-order valence-electron chi connectivity index (χ4n) is 2.56. The fraction of sp³-hybridized carbons (Fsp3) is 0.250. The van der Waals surface area contributed by atoms with Crippen molar-refractivity contribution in [3.8, 4) is 23.0 Å². The van der Waals surface area contributed by atoms with E-state index in [9.17, 15) is 9.18 Å². The van der Waals surface area contributed by atoms with Crippen LogP contribution in [0.15, 0.2) is 52.1 Å². The number of rotatable bonds is 8. The van der Waals surface area contributed by atoms with Gasteiger partial charge in [-0.15, -0.1) is 10.2 Å². The molecular weight excluding hydrogens is 397 g/mol. The molecule has 0 saturated carbocycles. The number of ether oxygens (including phenoxy) is 2. The Morgan fingerprint density at radius 3 is 2.62 bits per heavy atom. The highest BCUT2D eigenvalue weighted by molar-refractivity contribution is 7.99. The standard InChI is InChI=1S/C20H20FN3O4S/c1-24(11-14-6-4-5-7-15(14)21)18(25)12-29-20-23-22-19(28-20)13-8-9-16(26-2)17(10-13)27-3/h4-10H,11-12H2,1-3H3. The number of hydrogen-bond donors (Lipinski definition) is 0. The summed E-state index contributed by atoms with van der Waals surface area (Å²) in [7, 11) is 4.72. The molecule has 29 heavy (non-hydrogen) atoms. The maximum absolute atomic E-state index is 13.7. The topological polar surface area (TPSA) is 77.7 Å². The van der Waals surface area contributed by atoms with Crippen molar-refractivity contribution in [3.63, 3.8) is 0 Å². The molecule has 9 heteroatoms. The first kappa shape index (κ1) is 20.7. The number of carbonyl (C=O) groups excluding carboxylic acids is 1. The predicted molar refractivity (Wildman–Crippen MR) is 106 cm³/mol. The number of methoxy groups -OCH3 is 2. The second-order valence-electron chi connectivity index (χ2n) is 6.07. The Bertz CT molecular complexity index is 995. The summed E-state index contributed by atoms with van der Waals surface area (Å²) in [5, 5.41) is 8.24. The Kier molecular flexibility index (Phi) is 6.71. The third-order valence-corrected chi connectivity index (χ3v) is 4.95. The van der Waals surface area contributed by atoms with Gasteiger partial charge in [0.2, 0.25) is 11.8 Å². The minimum Gasteiger partial charge on any atom is -0.493 e. The van der Waals surface area contributed by atoms with Crippen LogP contribution in [0.25, 0.3) is 11.5 Å². The minimum atomic E-state index is -0.337.